The molecule has 1 aromatic heterocycles. The summed E-state index contributed by atoms with van der Waals surface area (Å²) < 4.78 is 0. The van der Waals surface area contributed by atoms with Gasteiger partial charge in [-0.1, -0.05) is 31.2 Å². The number of aromatic carboxylic acids is 1. The standard InChI is InChI=1S/C15H17N3O2/c1-3-9-18(10-4-2)14-11-7-5-6-8-12(11)16-17-13(14)15(19)20/h3,5-8H,1,4,9-10H2,2H3,(H,19,20). The molecule has 104 valence electrons. The van der Waals surface area contributed by atoms with Crippen LogP contribution in [0.5, 0.6) is 0 Å². The van der Waals surface area contributed by atoms with Crippen molar-refractivity contribution in [2.24, 2.45) is 0 Å². The summed E-state index contributed by atoms with van der Waals surface area (Å²) in [6.45, 7) is 7.10. The van der Waals surface area contributed by atoms with Gasteiger partial charge in [0.1, 0.15) is 0 Å². The quantitative estimate of drug-likeness (QED) is 0.818. The molecular formula is C15H17N3O2. The molecule has 0 fully saturated rings. The average Bonchev–Trinajstić information content (AvgIpc) is 2.45. The summed E-state index contributed by atoms with van der Waals surface area (Å²) in [6.07, 6.45) is 2.67. The molecular weight excluding hydrogens is 254 g/mol. The summed E-state index contributed by atoms with van der Waals surface area (Å²) in [6, 6.07) is 7.43. The van der Waals surface area contributed by atoms with Crippen LogP contribution in [0.25, 0.3) is 10.9 Å². The molecule has 0 saturated carbocycles. The predicted octanol–water partition coefficient (Wildman–Crippen LogP) is 2.73. The zero-order chi connectivity index (χ0) is 14.5. The van der Waals surface area contributed by atoms with Gasteiger partial charge in [-0.15, -0.1) is 16.8 Å². The molecule has 1 aromatic carbocycles. The van der Waals surface area contributed by atoms with Crippen molar-refractivity contribution in [3.63, 3.8) is 0 Å². The fourth-order valence-electron chi connectivity index (χ4n) is 2.22. The van der Waals surface area contributed by atoms with Crippen molar-refractivity contribution >= 4 is 22.6 Å². The summed E-state index contributed by atoms with van der Waals surface area (Å²) in [4.78, 5) is 13.4. The minimum absolute atomic E-state index is 0.0148. The largest absolute Gasteiger partial charge is 0.476 e. The first-order valence-corrected chi connectivity index (χ1v) is 6.53. The van der Waals surface area contributed by atoms with Crippen LogP contribution in [0.3, 0.4) is 0 Å². The van der Waals surface area contributed by atoms with Crippen LogP contribution in [0.1, 0.15) is 23.8 Å². The minimum Gasteiger partial charge on any atom is -0.476 e. The molecule has 1 N–H and O–H groups in total. The molecule has 0 bridgehead atoms. The molecule has 1 heterocycles. The predicted molar refractivity (Wildman–Crippen MR) is 79.2 cm³/mol. The van der Waals surface area contributed by atoms with Crippen LogP contribution in [0.2, 0.25) is 0 Å². The molecule has 0 atom stereocenters. The van der Waals surface area contributed by atoms with Crippen molar-refractivity contribution in [3.8, 4) is 0 Å². The van der Waals surface area contributed by atoms with Gasteiger partial charge in [-0.05, 0) is 12.5 Å². The van der Waals surface area contributed by atoms with E-state index in [4.69, 9.17) is 0 Å². The van der Waals surface area contributed by atoms with E-state index in [1.165, 1.54) is 0 Å². The van der Waals surface area contributed by atoms with E-state index >= 15 is 0 Å². The number of rotatable bonds is 6. The van der Waals surface area contributed by atoms with E-state index in [0.29, 0.717) is 17.7 Å². The van der Waals surface area contributed by atoms with E-state index in [2.05, 4.69) is 16.8 Å². The fourth-order valence-corrected chi connectivity index (χ4v) is 2.22. The highest BCUT2D eigenvalue weighted by Gasteiger charge is 2.20. The Morgan fingerprint density at radius 3 is 2.80 bits per heavy atom. The maximum absolute atomic E-state index is 11.4. The Hall–Kier alpha value is -2.43. The number of anilines is 1. The van der Waals surface area contributed by atoms with Crippen molar-refractivity contribution < 1.29 is 9.90 Å². The van der Waals surface area contributed by atoms with Gasteiger partial charge in [-0.25, -0.2) is 4.79 Å². The van der Waals surface area contributed by atoms with Gasteiger partial charge in [-0.2, -0.15) is 0 Å². The lowest BCUT2D eigenvalue weighted by atomic mass is 10.1. The van der Waals surface area contributed by atoms with E-state index in [0.717, 1.165) is 18.4 Å². The first-order valence-electron chi connectivity index (χ1n) is 6.53. The third kappa shape index (κ3) is 2.61. The number of hydrogen-bond donors (Lipinski definition) is 1. The Morgan fingerprint density at radius 1 is 1.40 bits per heavy atom. The summed E-state index contributed by atoms with van der Waals surface area (Å²) in [5.74, 6) is -1.07. The molecule has 2 rings (SSSR count). The van der Waals surface area contributed by atoms with E-state index < -0.39 is 5.97 Å². The van der Waals surface area contributed by atoms with Crippen molar-refractivity contribution in [1.29, 1.82) is 0 Å². The number of fused-ring (bicyclic) bond motifs is 1. The highest BCUT2D eigenvalue weighted by Crippen LogP contribution is 2.28. The smallest absolute Gasteiger partial charge is 0.358 e. The van der Waals surface area contributed by atoms with Crippen LogP contribution in [-0.4, -0.2) is 34.4 Å². The van der Waals surface area contributed by atoms with Gasteiger partial charge in [0.05, 0.1) is 11.2 Å². The molecule has 20 heavy (non-hydrogen) atoms. The lowest BCUT2D eigenvalue weighted by molar-refractivity contribution is 0.0690. The van der Waals surface area contributed by atoms with Crippen LogP contribution in [0, 0.1) is 0 Å². The van der Waals surface area contributed by atoms with Crippen LogP contribution in [0.15, 0.2) is 36.9 Å². The number of carboxylic acid groups (broad SMARTS) is 1. The number of carbonyl (C=O) groups is 1. The second kappa shape index (κ2) is 6.14. The average molecular weight is 271 g/mol. The molecule has 2 aromatic rings. The molecule has 5 nitrogen and oxygen atoms in total. The molecule has 0 aliphatic carbocycles. The number of aromatic nitrogens is 2. The Bertz CT molecular complexity index is 640. The van der Waals surface area contributed by atoms with Gasteiger partial charge in [0, 0.05) is 18.5 Å². The molecule has 5 heteroatoms. The molecule has 0 spiro atoms. The molecule has 0 aliphatic heterocycles. The minimum atomic E-state index is -1.07. The maximum Gasteiger partial charge on any atom is 0.358 e. The molecule has 0 saturated heterocycles. The topological polar surface area (TPSA) is 66.3 Å². The maximum atomic E-state index is 11.4. The molecule has 0 radical (unpaired) electrons. The third-order valence-electron chi connectivity index (χ3n) is 3.00. The first-order chi connectivity index (χ1) is 9.69. The number of hydrogen-bond acceptors (Lipinski definition) is 4. The van der Waals surface area contributed by atoms with Crippen molar-refractivity contribution in [3.05, 3.63) is 42.6 Å². The second-order valence-corrected chi connectivity index (χ2v) is 4.45. The Balaban J connectivity index is 2.70. The summed E-state index contributed by atoms with van der Waals surface area (Å²) in [5.41, 5.74) is 1.29. The zero-order valence-corrected chi connectivity index (χ0v) is 11.4. The van der Waals surface area contributed by atoms with E-state index in [9.17, 15) is 9.90 Å². The second-order valence-electron chi connectivity index (χ2n) is 4.45. The lowest BCUT2D eigenvalue weighted by Crippen LogP contribution is -2.27. The zero-order valence-electron chi connectivity index (χ0n) is 11.4. The van der Waals surface area contributed by atoms with E-state index in [1.54, 1.807) is 6.08 Å². The van der Waals surface area contributed by atoms with Crippen molar-refractivity contribution in [2.75, 3.05) is 18.0 Å². The van der Waals surface area contributed by atoms with Crippen LogP contribution in [-0.2, 0) is 0 Å². The lowest BCUT2D eigenvalue weighted by Gasteiger charge is -2.25. The van der Waals surface area contributed by atoms with Gasteiger partial charge in [0.2, 0.25) is 0 Å². The van der Waals surface area contributed by atoms with Gasteiger partial charge in [0.25, 0.3) is 0 Å². The molecule has 0 aliphatic rings. The summed E-state index contributed by atoms with van der Waals surface area (Å²) >= 11 is 0. The Kier molecular flexibility index (Phi) is 4.30. The first kappa shape index (κ1) is 14.0. The highest BCUT2D eigenvalue weighted by atomic mass is 16.4. The van der Waals surface area contributed by atoms with Crippen LogP contribution in [0.4, 0.5) is 5.69 Å². The fraction of sp³-hybridized carbons (Fsp3) is 0.267. The summed E-state index contributed by atoms with van der Waals surface area (Å²) in [5, 5.41) is 18.0. The van der Waals surface area contributed by atoms with Crippen molar-refractivity contribution in [2.45, 2.75) is 13.3 Å². The van der Waals surface area contributed by atoms with Gasteiger partial charge < -0.3 is 10.0 Å². The van der Waals surface area contributed by atoms with Crippen molar-refractivity contribution in [1.82, 2.24) is 10.2 Å². The highest BCUT2D eigenvalue weighted by molar-refractivity contribution is 6.02. The summed E-state index contributed by atoms with van der Waals surface area (Å²) in [7, 11) is 0. The van der Waals surface area contributed by atoms with Crippen LogP contribution < -0.4 is 4.90 Å². The Morgan fingerprint density at radius 2 is 2.15 bits per heavy atom. The Labute approximate surface area is 117 Å². The number of nitrogens with zero attached hydrogens (tertiary/aromatic N) is 3. The van der Waals surface area contributed by atoms with Crippen LogP contribution >= 0.6 is 0 Å². The van der Waals surface area contributed by atoms with Gasteiger partial charge in [0.15, 0.2) is 5.69 Å². The molecule has 0 unspecified atom stereocenters. The van der Waals surface area contributed by atoms with Gasteiger partial charge >= 0.3 is 5.97 Å². The SMILES string of the molecule is C=CCN(CCC)c1c(C(=O)O)nnc2ccccc12. The monoisotopic (exact) mass is 271 g/mol. The van der Waals surface area contributed by atoms with Gasteiger partial charge in [-0.3, -0.25) is 0 Å². The normalized spacial score (nSPS) is 10.4. The van der Waals surface area contributed by atoms with E-state index in [-0.39, 0.29) is 5.69 Å². The van der Waals surface area contributed by atoms with E-state index in [1.807, 2.05) is 36.1 Å². The molecule has 0 amide bonds. The number of carboxylic acids is 1. The third-order valence-corrected chi connectivity index (χ3v) is 3.00. The number of benzene rings is 1.